The van der Waals surface area contributed by atoms with E-state index in [1.165, 1.54) is 36.5 Å². The van der Waals surface area contributed by atoms with Gasteiger partial charge in [0.15, 0.2) is 0 Å². The van der Waals surface area contributed by atoms with Crippen molar-refractivity contribution in [2.45, 2.75) is 19.0 Å². The molecule has 25 heavy (non-hydrogen) atoms. The molecule has 0 bridgehead atoms. The molecule has 1 heterocycles. The Kier molecular flexibility index (Phi) is 6.08. The van der Waals surface area contributed by atoms with Gasteiger partial charge in [0.1, 0.15) is 5.75 Å². The Bertz CT molecular complexity index is 806. The highest BCUT2D eigenvalue weighted by Crippen LogP contribution is 2.26. The molecule has 134 valence electrons. The van der Waals surface area contributed by atoms with Crippen molar-refractivity contribution in [3.63, 3.8) is 0 Å². The number of ether oxygens (including phenoxy) is 1. The van der Waals surface area contributed by atoms with Crippen LogP contribution < -0.4 is 15.6 Å². The number of pyridine rings is 1. The average molecular weight is 375 g/mol. The molecule has 1 amide bonds. The highest BCUT2D eigenvalue weighted by atomic mass is 35.5. The quantitative estimate of drug-likeness (QED) is 0.751. The number of hydrogen-bond donors (Lipinski definition) is 2. The Morgan fingerprint density at radius 1 is 1.24 bits per heavy atom. The maximum absolute atomic E-state index is 12.3. The minimum atomic E-state index is -4.27. The zero-order valence-electron chi connectivity index (χ0n) is 12.8. The zero-order chi connectivity index (χ0) is 18.4. The van der Waals surface area contributed by atoms with E-state index in [4.69, 9.17) is 16.3 Å². The monoisotopic (exact) mass is 374 g/mol. The summed E-state index contributed by atoms with van der Waals surface area (Å²) in [4.78, 5) is 26.0. The van der Waals surface area contributed by atoms with Crippen LogP contribution in [-0.4, -0.2) is 23.7 Å². The third kappa shape index (κ3) is 6.15. The van der Waals surface area contributed by atoms with Crippen molar-refractivity contribution >= 4 is 23.2 Å². The lowest BCUT2D eigenvalue weighted by Crippen LogP contribution is -2.16. The van der Waals surface area contributed by atoms with E-state index in [9.17, 15) is 22.8 Å². The first kappa shape index (κ1) is 18.9. The number of amides is 1. The maximum Gasteiger partial charge on any atom is 0.389 e. The van der Waals surface area contributed by atoms with E-state index < -0.39 is 24.1 Å². The summed E-state index contributed by atoms with van der Waals surface area (Å²) >= 11 is 5.85. The van der Waals surface area contributed by atoms with E-state index in [2.05, 4.69) is 10.3 Å². The number of rotatable bonds is 6. The number of carbonyl (C=O) groups excluding carboxylic acids is 1. The van der Waals surface area contributed by atoms with E-state index in [-0.39, 0.29) is 35.1 Å². The van der Waals surface area contributed by atoms with Crippen molar-refractivity contribution in [2.75, 3.05) is 11.9 Å². The Balaban J connectivity index is 2.09. The second-order valence-electron chi connectivity index (χ2n) is 5.10. The summed E-state index contributed by atoms with van der Waals surface area (Å²) < 4.78 is 41.8. The molecular formula is C16H14ClF3N2O3. The van der Waals surface area contributed by atoms with Gasteiger partial charge < -0.3 is 15.0 Å². The van der Waals surface area contributed by atoms with Gasteiger partial charge in [-0.3, -0.25) is 9.59 Å². The molecule has 0 radical (unpaired) electrons. The van der Waals surface area contributed by atoms with Gasteiger partial charge in [0, 0.05) is 29.4 Å². The summed E-state index contributed by atoms with van der Waals surface area (Å²) in [5.41, 5.74) is -0.0269. The van der Waals surface area contributed by atoms with Crippen LogP contribution in [0, 0.1) is 0 Å². The Hall–Kier alpha value is -2.48. The lowest BCUT2D eigenvalue weighted by Gasteiger charge is -2.13. The van der Waals surface area contributed by atoms with Gasteiger partial charge in [-0.25, -0.2) is 0 Å². The van der Waals surface area contributed by atoms with E-state index in [1.807, 2.05) is 0 Å². The van der Waals surface area contributed by atoms with Crippen LogP contribution >= 0.6 is 11.6 Å². The molecular weight excluding hydrogens is 361 g/mol. The summed E-state index contributed by atoms with van der Waals surface area (Å²) in [6.45, 7) is -0.217. The number of nitrogens with one attached hydrogen (secondary N) is 2. The molecule has 0 aliphatic heterocycles. The van der Waals surface area contributed by atoms with Crippen LogP contribution in [0.5, 0.6) is 5.75 Å². The Labute approximate surface area is 145 Å². The normalized spacial score (nSPS) is 11.2. The topological polar surface area (TPSA) is 71.2 Å². The molecule has 2 rings (SSSR count). The summed E-state index contributed by atoms with van der Waals surface area (Å²) in [5, 5.41) is 2.79. The van der Waals surface area contributed by atoms with Crippen LogP contribution in [0.2, 0.25) is 5.02 Å². The Morgan fingerprint density at radius 2 is 2.00 bits per heavy atom. The van der Waals surface area contributed by atoms with Crippen LogP contribution in [0.15, 0.2) is 41.3 Å². The smallest absolute Gasteiger partial charge is 0.389 e. The molecule has 1 aromatic heterocycles. The van der Waals surface area contributed by atoms with Crippen molar-refractivity contribution in [1.29, 1.82) is 0 Å². The third-order valence-corrected chi connectivity index (χ3v) is 3.32. The van der Waals surface area contributed by atoms with Crippen LogP contribution in [0.3, 0.4) is 0 Å². The zero-order valence-corrected chi connectivity index (χ0v) is 13.6. The number of carbonyl (C=O) groups is 1. The van der Waals surface area contributed by atoms with E-state index >= 15 is 0 Å². The summed E-state index contributed by atoms with van der Waals surface area (Å²) in [6.07, 6.45) is -4.13. The second kappa shape index (κ2) is 8.06. The first-order valence-corrected chi connectivity index (χ1v) is 7.61. The van der Waals surface area contributed by atoms with Gasteiger partial charge >= 0.3 is 6.18 Å². The standard InChI is InChI=1S/C16H14ClF3N2O3/c17-10-2-3-12(13(8-10)25-7-1-5-16(18,19)20)15(24)22-11-4-6-21-14(23)9-11/h2-4,6,8-9H,1,5,7H2,(H2,21,22,23,24). The Morgan fingerprint density at radius 3 is 2.68 bits per heavy atom. The largest absolute Gasteiger partial charge is 0.493 e. The summed E-state index contributed by atoms with van der Waals surface area (Å²) in [6, 6.07) is 6.87. The van der Waals surface area contributed by atoms with Crippen LogP contribution in [0.25, 0.3) is 0 Å². The molecule has 0 saturated carbocycles. The van der Waals surface area contributed by atoms with Crippen molar-refractivity contribution in [1.82, 2.24) is 4.98 Å². The second-order valence-corrected chi connectivity index (χ2v) is 5.54. The molecule has 5 nitrogen and oxygen atoms in total. The molecule has 0 spiro atoms. The fraction of sp³-hybridized carbons (Fsp3) is 0.250. The number of anilines is 1. The molecule has 0 unspecified atom stereocenters. The lowest BCUT2D eigenvalue weighted by atomic mass is 10.2. The van der Waals surface area contributed by atoms with E-state index in [1.54, 1.807) is 0 Å². The van der Waals surface area contributed by atoms with Gasteiger partial charge in [-0.2, -0.15) is 13.2 Å². The van der Waals surface area contributed by atoms with Gasteiger partial charge in [-0.1, -0.05) is 11.6 Å². The predicted molar refractivity (Wildman–Crippen MR) is 87.3 cm³/mol. The molecule has 0 aliphatic rings. The molecule has 0 atom stereocenters. The molecule has 2 N–H and O–H groups in total. The van der Waals surface area contributed by atoms with Crippen molar-refractivity contribution in [3.05, 3.63) is 57.5 Å². The van der Waals surface area contributed by atoms with Gasteiger partial charge in [0.05, 0.1) is 12.2 Å². The maximum atomic E-state index is 12.3. The molecule has 2 aromatic rings. The SMILES string of the molecule is O=C(Nc1cc[nH]c(=O)c1)c1ccc(Cl)cc1OCCCC(F)(F)F. The number of H-pyrrole nitrogens is 1. The van der Waals surface area contributed by atoms with Gasteiger partial charge in [0.25, 0.3) is 5.91 Å². The highest BCUT2D eigenvalue weighted by Gasteiger charge is 2.26. The molecule has 0 saturated heterocycles. The lowest BCUT2D eigenvalue weighted by molar-refractivity contribution is -0.136. The van der Waals surface area contributed by atoms with Gasteiger partial charge in [0.2, 0.25) is 5.56 Å². The first-order chi connectivity index (χ1) is 11.7. The van der Waals surface area contributed by atoms with Crippen LogP contribution in [0.4, 0.5) is 18.9 Å². The van der Waals surface area contributed by atoms with Crippen LogP contribution in [0.1, 0.15) is 23.2 Å². The molecule has 0 fully saturated rings. The number of aromatic nitrogens is 1. The number of halogens is 4. The fourth-order valence-corrected chi connectivity index (χ4v) is 2.14. The first-order valence-electron chi connectivity index (χ1n) is 7.24. The number of hydrogen-bond acceptors (Lipinski definition) is 3. The molecule has 9 heteroatoms. The van der Waals surface area contributed by atoms with Gasteiger partial charge in [-0.15, -0.1) is 0 Å². The van der Waals surface area contributed by atoms with Crippen molar-refractivity contribution in [3.8, 4) is 5.75 Å². The van der Waals surface area contributed by atoms with Crippen LogP contribution in [-0.2, 0) is 0 Å². The molecule has 1 aromatic carbocycles. The van der Waals surface area contributed by atoms with Gasteiger partial charge in [-0.05, 0) is 30.7 Å². The highest BCUT2D eigenvalue weighted by molar-refractivity contribution is 6.31. The predicted octanol–water partition coefficient (Wildman–Crippen LogP) is 4.00. The van der Waals surface area contributed by atoms with E-state index in [0.29, 0.717) is 0 Å². The minimum absolute atomic E-state index is 0.0667. The third-order valence-electron chi connectivity index (χ3n) is 3.08. The summed E-state index contributed by atoms with van der Waals surface area (Å²) in [5.74, 6) is -0.509. The fourth-order valence-electron chi connectivity index (χ4n) is 1.98. The minimum Gasteiger partial charge on any atom is -0.493 e. The van der Waals surface area contributed by atoms with Crippen molar-refractivity contribution < 1.29 is 22.7 Å². The number of alkyl halides is 3. The summed E-state index contributed by atoms with van der Waals surface area (Å²) in [7, 11) is 0. The number of benzene rings is 1. The molecule has 0 aliphatic carbocycles. The van der Waals surface area contributed by atoms with E-state index in [0.717, 1.165) is 0 Å². The van der Waals surface area contributed by atoms with Crippen molar-refractivity contribution in [2.24, 2.45) is 0 Å². The average Bonchev–Trinajstić information content (AvgIpc) is 2.50. The number of aromatic amines is 1.